The smallest absolute Gasteiger partial charge is 0.270 e. The van der Waals surface area contributed by atoms with Gasteiger partial charge in [-0.1, -0.05) is 49.5 Å². The number of nitriles is 1. The number of anilines is 1. The zero-order chi connectivity index (χ0) is 26.5. The molecule has 2 aliphatic rings. The molecule has 2 aliphatic heterocycles. The number of hydrogen-bond donors (Lipinski definition) is 0. The molecule has 37 heavy (non-hydrogen) atoms. The summed E-state index contributed by atoms with van der Waals surface area (Å²) in [5.41, 5.74) is 2.02. The molecule has 0 spiro atoms. The molecule has 2 saturated heterocycles. The number of unbranched alkanes of at least 4 members (excludes halogenated alkanes) is 1. The van der Waals surface area contributed by atoms with Gasteiger partial charge in [0.2, 0.25) is 0 Å². The molecule has 10 heteroatoms. The fraction of sp³-hybridized carbons (Fsp3) is 0.407. The number of ether oxygens (including phenoxy) is 2. The number of thiocarbonyl (C=S) groups is 1. The van der Waals surface area contributed by atoms with Crippen molar-refractivity contribution in [2.75, 3.05) is 38.3 Å². The van der Waals surface area contributed by atoms with E-state index in [1.54, 1.807) is 29.6 Å². The van der Waals surface area contributed by atoms with Crippen LogP contribution in [-0.4, -0.2) is 53.1 Å². The van der Waals surface area contributed by atoms with Crippen LogP contribution in [0.5, 0.6) is 5.75 Å². The van der Waals surface area contributed by atoms with E-state index >= 15 is 0 Å². The van der Waals surface area contributed by atoms with Crippen molar-refractivity contribution in [3.8, 4) is 11.8 Å². The Labute approximate surface area is 226 Å². The van der Waals surface area contributed by atoms with Gasteiger partial charge in [-0.2, -0.15) is 5.26 Å². The molecule has 0 saturated carbocycles. The van der Waals surface area contributed by atoms with Gasteiger partial charge in [-0.05, 0) is 42.7 Å². The number of nitrogens with zero attached hydrogens (tertiary/aromatic N) is 4. The summed E-state index contributed by atoms with van der Waals surface area (Å²) in [7, 11) is 1.61. The third kappa shape index (κ3) is 5.59. The standard InChI is InChI=1S/C27H30N4O4S2/c1-4-5-10-30-24(29-11-13-35-14-12-29)21(18(2)22(16-28)25(30)32)15-23-26(33)31(27(36)37-23)17-19-6-8-20(34-3)9-7-19/h6-9,15H,4-5,10-14,17H2,1-3H3/b23-15-. The van der Waals surface area contributed by atoms with Crippen LogP contribution in [-0.2, 0) is 22.6 Å². The van der Waals surface area contributed by atoms with Gasteiger partial charge in [-0.25, -0.2) is 0 Å². The lowest BCUT2D eigenvalue weighted by atomic mass is 10.0. The molecule has 194 valence electrons. The van der Waals surface area contributed by atoms with E-state index in [2.05, 4.69) is 17.9 Å². The van der Waals surface area contributed by atoms with Crippen molar-refractivity contribution in [1.29, 1.82) is 5.26 Å². The second kappa shape index (κ2) is 11.9. The first-order valence-electron chi connectivity index (χ1n) is 12.3. The number of pyridine rings is 1. The van der Waals surface area contributed by atoms with Crippen molar-refractivity contribution in [3.05, 3.63) is 61.8 Å². The Morgan fingerprint density at radius 2 is 1.92 bits per heavy atom. The van der Waals surface area contributed by atoms with Gasteiger partial charge in [0.1, 0.15) is 27.5 Å². The van der Waals surface area contributed by atoms with E-state index in [0.29, 0.717) is 59.7 Å². The second-order valence-corrected chi connectivity index (χ2v) is 10.6. The molecule has 1 aromatic carbocycles. The van der Waals surface area contributed by atoms with E-state index in [-0.39, 0.29) is 17.0 Å². The molecule has 0 N–H and O–H groups in total. The maximum atomic E-state index is 13.5. The molecule has 1 amide bonds. The van der Waals surface area contributed by atoms with Gasteiger partial charge < -0.3 is 14.4 Å². The third-order valence-corrected chi connectivity index (χ3v) is 7.92. The largest absolute Gasteiger partial charge is 0.497 e. The Hall–Kier alpha value is -3.13. The molecule has 2 aromatic rings. The highest BCUT2D eigenvalue weighted by atomic mass is 32.2. The summed E-state index contributed by atoms with van der Waals surface area (Å²) in [4.78, 5) is 31.0. The number of thioether (sulfide) groups is 1. The molecule has 2 fully saturated rings. The quantitative estimate of drug-likeness (QED) is 0.367. The van der Waals surface area contributed by atoms with Gasteiger partial charge in [0, 0.05) is 25.2 Å². The number of hydrogen-bond acceptors (Lipinski definition) is 8. The monoisotopic (exact) mass is 538 g/mol. The van der Waals surface area contributed by atoms with Crippen LogP contribution in [0.2, 0.25) is 0 Å². The van der Waals surface area contributed by atoms with E-state index in [9.17, 15) is 14.9 Å². The Morgan fingerprint density at radius 1 is 1.22 bits per heavy atom. The topological polar surface area (TPSA) is 87.8 Å². The first-order valence-corrected chi connectivity index (χ1v) is 13.5. The first-order chi connectivity index (χ1) is 17.9. The van der Waals surface area contributed by atoms with Crippen molar-refractivity contribution >= 4 is 46.1 Å². The van der Waals surface area contributed by atoms with Crippen molar-refractivity contribution in [2.45, 2.75) is 39.8 Å². The van der Waals surface area contributed by atoms with Crippen LogP contribution in [0.3, 0.4) is 0 Å². The average molecular weight is 539 g/mol. The van der Waals surface area contributed by atoms with Gasteiger partial charge in [0.05, 0.1) is 31.8 Å². The Kier molecular flexibility index (Phi) is 8.69. The Morgan fingerprint density at radius 3 is 2.54 bits per heavy atom. The molecule has 0 atom stereocenters. The molecule has 1 aromatic heterocycles. The van der Waals surface area contributed by atoms with E-state index < -0.39 is 0 Å². The summed E-state index contributed by atoms with van der Waals surface area (Å²) in [5.74, 6) is 1.29. The molecule has 0 unspecified atom stereocenters. The molecular formula is C27H30N4O4S2. The average Bonchev–Trinajstić information content (AvgIpc) is 3.18. The number of carbonyl (C=O) groups is 1. The summed E-state index contributed by atoms with van der Waals surface area (Å²) in [6.07, 6.45) is 3.51. The van der Waals surface area contributed by atoms with Gasteiger partial charge in [-0.3, -0.25) is 19.1 Å². The normalized spacial score (nSPS) is 17.0. The summed E-state index contributed by atoms with van der Waals surface area (Å²) in [6, 6.07) is 9.62. The number of benzene rings is 1. The van der Waals surface area contributed by atoms with E-state index in [1.165, 1.54) is 11.8 Å². The predicted octanol–water partition coefficient (Wildman–Crippen LogP) is 4.08. The highest BCUT2D eigenvalue weighted by Crippen LogP contribution is 2.37. The predicted molar refractivity (Wildman–Crippen MR) is 150 cm³/mol. The maximum Gasteiger partial charge on any atom is 0.270 e. The number of morpholine rings is 1. The van der Waals surface area contributed by atoms with E-state index in [1.807, 2.05) is 24.3 Å². The van der Waals surface area contributed by atoms with Gasteiger partial charge >= 0.3 is 0 Å². The Bertz CT molecular complexity index is 1320. The zero-order valence-corrected chi connectivity index (χ0v) is 22.9. The van der Waals surface area contributed by atoms with Crippen LogP contribution in [0.1, 0.15) is 42.0 Å². The molecule has 0 aliphatic carbocycles. The third-order valence-electron chi connectivity index (χ3n) is 6.54. The first kappa shape index (κ1) is 26.9. The molecule has 0 radical (unpaired) electrons. The Balaban J connectivity index is 1.78. The van der Waals surface area contributed by atoms with Crippen molar-refractivity contribution in [2.24, 2.45) is 0 Å². The number of aromatic nitrogens is 1. The number of amides is 1. The molecular weight excluding hydrogens is 508 g/mol. The minimum absolute atomic E-state index is 0.105. The lowest BCUT2D eigenvalue weighted by molar-refractivity contribution is -0.122. The molecule has 4 rings (SSSR count). The molecule has 8 nitrogen and oxygen atoms in total. The van der Waals surface area contributed by atoms with Gasteiger partial charge in [0.25, 0.3) is 11.5 Å². The van der Waals surface area contributed by atoms with Crippen molar-refractivity contribution in [1.82, 2.24) is 9.47 Å². The molecule has 3 heterocycles. The van der Waals surface area contributed by atoms with Crippen LogP contribution in [0.4, 0.5) is 5.82 Å². The number of rotatable bonds is 8. The second-order valence-electron chi connectivity index (χ2n) is 8.87. The highest BCUT2D eigenvalue weighted by Gasteiger charge is 2.33. The summed E-state index contributed by atoms with van der Waals surface area (Å²) in [5, 5.41) is 9.85. The van der Waals surface area contributed by atoms with Crippen LogP contribution >= 0.6 is 24.0 Å². The maximum absolute atomic E-state index is 13.5. The van der Waals surface area contributed by atoms with E-state index in [4.69, 9.17) is 21.7 Å². The van der Waals surface area contributed by atoms with E-state index in [0.717, 1.165) is 30.0 Å². The lowest BCUT2D eigenvalue weighted by Gasteiger charge is -2.33. The van der Waals surface area contributed by atoms with Gasteiger partial charge in [-0.15, -0.1) is 0 Å². The fourth-order valence-corrected chi connectivity index (χ4v) is 5.70. The van der Waals surface area contributed by atoms with Gasteiger partial charge in [0.15, 0.2) is 0 Å². The summed E-state index contributed by atoms with van der Waals surface area (Å²) >= 11 is 6.81. The van der Waals surface area contributed by atoms with Crippen LogP contribution in [0.25, 0.3) is 6.08 Å². The number of methoxy groups -OCH3 is 1. The highest BCUT2D eigenvalue weighted by molar-refractivity contribution is 8.26. The number of carbonyl (C=O) groups excluding carboxylic acids is 1. The lowest BCUT2D eigenvalue weighted by Crippen LogP contribution is -2.41. The minimum Gasteiger partial charge on any atom is -0.497 e. The van der Waals surface area contributed by atoms with Crippen LogP contribution in [0, 0.1) is 18.3 Å². The van der Waals surface area contributed by atoms with Crippen LogP contribution in [0.15, 0.2) is 34.0 Å². The SMILES string of the molecule is CCCCn1c(N2CCOCC2)c(/C=C2\SC(=S)N(Cc3ccc(OC)cc3)C2=O)c(C)c(C#N)c1=O. The summed E-state index contributed by atoms with van der Waals surface area (Å²) in [6.45, 7) is 7.02. The minimum atomic E-state index is -0.292. The van der Waals surface area contributed by atoms with Crippen molar-refractivity contribution in [3.63, 3.8) is 0 Å². The molecule has 0 bridgehead atoms. The fourth-order valence-electron chi connectivity index (χ4n) is 4.46. The van der Waals surface area contributed by atoms with Crippen molar-refractivity contribution < 1.29 is 14.3 Å². The zero-order valence-electron chi connectivity index (χ0n) is 21.3. The van der Waals surface area contributed by atoms with Crippen LogP contribution < -0.4 is 15.2 Å². The summed E-state index contributed by atoms with van der Waals surface area (Å²) < 4.78 is 12.9.